The van der Waals surface area contributed by atoms with Gasteiger partial charge in [-0.15, -0.1) is 0 Å². The summed E-state index contributed by atoms with van der Waals surface area (Å²) in [7, 11) is 1.64. The van der Waals surface area contributed by atoms with E-state index in [0.717, 1.165) is 36.6 Å². The molecule has 0 aliphatic rings. The van der Waals surface area contributed by atoms with Crippen LogP contribution in [0.5, 0.6) is 11.5 Å². The predicted molar refractivity (Wildman–Crippen MR) is 75.8 cm³/mol. The van der Waals surface area contributed by atoms with Crippen LogP contribution in [-0.2, 0) is 13.2 Å². The Hall–Kier alpha value is -2.01. The highest BCUT2D eigenvalue weighted by Crippen LogP contribution is 2.31. The van der Waals surface area contributed by atoms with E-state index in [0.29, 0.717) is 12.4 Å². The van der Waals surface area contributed by atoms with E-state index in [9.17, 15) is 0 Å². The highest BCUT2D eigenvalue weighted by atomic mass is 16.5. The second kappa shape index (κ2) is 7.55. The summed E-state index contributed by atoms with van der Waals surface area (Å²) in [5.74, 6) is 2.15. The molecule has 5 heteroatoms. The molecule has 0 saturated heterocycles. The monoisotopic (exact) mass is 276 g/mol. The van der Waals surface area contributed by atoms with E-state index in [1.807, 2.05) is 18.2 Å². The molecule has 20 heavy (non-hydrogen) atoms. The number of ether oxygens (including phenoxy) is 2. The zero-order chi connectivity index (χ0) is 14.2. The Kier molecular flexibility index (Phi) is 5.43. The van der Waals surface area contributed by atoms with Crippen LogP contribution in [0, 0.1) is 0 Å². The van der Waals surface area contributed by atoms with Crippen LogP contribution in [0.2, 0.25) is 0 Å². The lowest BCUT2D eigenvalue weighted by Crippen LogP contribution is -2.15. The van der Waals surface area contributed by atoms with Gasteiger partial charge in [0.15, 0.2) is 17.3 Å². The predicted octanol–water partition coefficient (Wildman–Crippen LogP) is 2.76. The van der Waals surface area contributed by atoms with Crippen molar-refractivity contribution in [3.8, 4) is 11.5 Å². The van der Waals surface area contributed by atoms with Gasteiger partial charge in [-0.3, -0.25) is 0 Å². The molecule has 0 radical (unpaired) electrons. The Bertz CT molecular complexity index is 512. The van der Waals surface area contributed by atoms with Crippen molar-refractivity contribution in [1.29, 1.82) is 0 Å². The number of nitrogens with one attached hydrogen (secondary N) is 1. The molecule has 0 fully saturated rings. The van der Waals surface area contributed by atoms with Crippen LogP contribution < -0.4 is 14.8 Å². The lowest BCUT2D eigenvalue weighted by atomic mass is 10.2. The van der Waals surface area contributed by atoms with Gasteiger partial charge in [0.05, 0.1) is 13.3 Å². The molecule has 1 N–H and O–H groups in total. The topological polar surface area (TPSA) is 56.5 Å². The lowest BCUT2D eigenvalue weighted by Gasteiger charge is -2.14. The number of hydrogen-bond acceptors (Lipinski definition) is 5. The fourth-order valence-corrected chi connectivity index (χ4v) is 1.88. The maximum Gasteiger partial charge on any atom is 0.174 e. The second-order valence-electron chi connectivity index (χ2n) is 4.39. The van der Waals surface area contributed by atoms with E-state index >= 15 is 0 Å². The SMILES string of the molecule is CCCNCc1cccc(OC)c1OCc1ccno1. The van der Waals surface area contributed by atoms with Crippen LogP contribution in [0.15, 0.2) is 35.0 Å². The molecule has 2 rings (SSSR count). The molecule has 0 atom stereocenters. The molecule has 0 unspecified atom stereocenters. The highest BCUT2D eigenvalue weighted by molar-refractivity contribution is 5.46. The molecule has 0 aliphatic heterocycles. The molecule has 0 bridgehead atoms. The fourth-order valence-electron chi connectivity index (χ4n) is 1.88. The van der Waals surface area contributed by atoms with Crippen LogP contribution in [0.3, 0.4) is 0 Å². The minimum absolute atomic E-state index is 0.334. The number of benzene rings is 1. The van der Waals surface area contributed by atoms with Crippen LogP contribution in [0.25, 0.3) is 0 Å². The van der Waals surface area contributed by atoms with Gasteiger partial charge in [0.25, 0.3) is 0 Å². The Morgan fingerprint density at radius 3 is 2.90 bits per heavy atom. The number of nitrogens with zero attached hydrogens (tertiary/aromatic N) is 1. The molecular formula is C15H20N2O3. The van der Waals surface area contributed by atoms with Crippen molar-refractivity contribution < 1.29 is 14.0 Å². The molecule has 5 nitrogen and oxygen atoms in total. The molecule has 1 aromatic heterocycles. The summed E-state index contributed by atoms with van der Waals surface area (Å²) in [6, 6.07) is 7.66. The van der Waals surface area contributed by atoms with Crippen molar-refractivity contribution in [2.75, 3.05) is 13.7 Å². The Balaban J connectivity index is 2.10. The van der Waals surface area contributed by atoms with E-state index in [2.05, 4.69) is 17.4 Å². The molecule has 108 valence electrons. The smallest absolute Gasteiger partial charge is 0.174 e. The van der Waals surface area contributed by atoms with E-state index in [-0.39, 0.29) is 0 Å². The van der Waals surface area contributed by atoms with Crippen molar-refractivity contribution in [2.45, 2.75) is 26.5 Å². The van der Waals surface area contributed by atoms with Crippen molar-refractivity contribution in [2.24, 2.45) is 0 Å². The molecular weight excluding hydrogens is 256 g/mol. The second-order valence-corrected chi connectivity index (χ2v) is 4.39. The van der Waals surface area contributed by atoms with Crippen LogP contribution >= 0.6 is 0 Å². The van der Waals surface area contributed by atoms with Gasteiger partial charge in [0, 0.05) is 18.2 Å². The van der Waals surface area contributed by atoms with E-state index in [1.54, 1.807) is 19.4 Å². The average molecular weight is 276 g/mol. The maximum atomic E-state index is 5.84. The molecule has 1 aromatic carbocycles. The maximum absolute atomic E-state index is 5.84. The Morgan fingerprint density at radius 2 is 2.20 bits per heavy atom. The minimum Gasteiger partial charge on any atom is -0.493 e. The van der Waals surface area contributed by atoms with Crippen LogP contribution in [0.1, 0.15) is 24.7 Å². The van der Waals surface area contributed by atoms with Crippen molar-refractivity contribution in [3.05, 3.63) is 41.8 Å². The van der Waals surface area contributed by atoms with Gasteiger partial charge in [0.2, 0.25) is 0 Å². The van der Waals surface area contributed by atoms with Gasteiger partial charge in [-0.2, -0.15) is 0 Å². The summed E-state index contributed by atoms with van der Waals surface area (Å²) in [6.07, 6.45) is 2.70. The quantitative estimate of drug-likeness (QED) is 0.751. The summed E-state index contributed by atoms with van der Waals surface area (Å²) in [5.41, 5.74) is 1.07. The molecule has 0 amide bonds. The van der Waals surface area contributed by atoms with Gasteiger partial charge in [-0.25, -0.2) is 0 Å². The first kappa shape index (κ1) is 14.4. The molecule has 0 saturated carbocycles. The normalized spacial score (nSPS) is 10.5. The van der Waals surface area contributed by atoms with Gasteiger partial charge >= 0.3 is 0 Å². The average Bonchev–Trinajstić information content (AvgIpc) is 2.99. The van der Waals surface area contributed by atoms with Crippen LogP contribution in [-0.4, -0.2) is 18.8 Å². The first-order valence-corrected chi connectivity index (χ1v) is 6.74. The number of methoxy groups -OCH3 is 1. The van der Waals surface area contributed by atoms with E-state index < -0.39 is 0 Å². The summed E-state index contributed by atoms with van der Waals surface area (Å²) in [4.78, 5) is 0. The fraction of sp³-hybridized carbons (Fsp3) is 0.400. The zero-order valence-electron chi connectivity index (χ0n) is 11.9. The lowest BCUT2D eigenvalue weighted by molar-refractivity contribution is 0.236. The molecule has 1 heterocycles. The first-order valence-electron chi connectivity index (χ1n) is 6.74. The third-order valence-corrected chi connectivity index (χ3v) is 2.87. The Labute approximate surface area is 118 Å². The largest absolute Gasteiger partial charge is 0.493 e. The van der Waals surface area contributed by atoms with Crippen molar-refractivity contribution >= 4 is 0 Å². The summed E-state index contributed by atoms with van der Waals surface area (Å²) < 4.78 is 16.2. The number of para-hydroxylation sites is 1. The minimum atomic E-state index is 0.334. The molecule has 2 aromatic rings. The first-order chi connectivity index (χ1) is 9.85. The van der Waals surface area contributed by atoms with E-state index in [4.69, 9.17) is 14.0 Å². The zero-order valence-corrected chi connectivity index (χ0v) is 11.9. The number of hydrogen-bond donors (Lipinski definition) is 1. The summed E-state index contributed by atoms with van der Waals surface area (Å²) >= 11 is 0. The van der Waals surface area contributed by atoms with Crippen LogP contribution in [0.4, 0.5) is 0 Å². The standard InChI is InChI=1S/C15H20N2O3/c1-3-8-16-10-12-5-4-6-14(18-2)15(12)19-11-13-7-9-17-20-13/h4-7,9,16H,3,8,10-11H2,1-2H3. The highest BCUT2D eigenvalue weighted by Gasteiger charge is 2.11. The van der Waals surface area contributed by atoms with Gasteiger partial charge in [-0.1, -0.05) is 24.2 Å². The number of aromatic nitrogens is 1. The molecule has 0 spiro atoms. The van der Waals surface area contributed by atoms with Gasteiger partial charge in [-0.05, 0) is 19.0 Å². The Morgan fingerprint density at radius 1 is 1.30 bits per heavy atom. The van der Waals surface area contributed by atoms with Crippen molar-refractivity contribution in [1.82, 2.24) is 10.5 Å². The van der Waals surface area contributed by atoms with Gasteiger partial charge in [0.1, 0.15) is 6.61 Å². The molecule has 0 aliphatic carbocycles. The van der Waals surface area contributed by atoms with Gasteiger partial charge < -0.3 is 19.3 Å². The summed E-state index contributed by atoms with van der Waals surface area (Å²) in [5, 5.41) is 7.03. The number of rotatable bonds is 8. The van der Waals surface area contributed by atoms with Crippen molar-refractivity contribution in [3.63, 3.8) is 0 Å². The van der Waals surface area contributed by atoms with E-state index in [1.165, 1.54) is 0 Å². The summed E-state index contributed by atoms with van der Waals surface area (Å²) in [6.45, 7) is 4.19. The third-order valence-electron chi connectivity index (χ3n) is 2.87. The third kappa shape index (κ3) is 3.74.